The number of halogens is 2. The van der Waals surface area contributed by atoms with Gasteiger partial charge in [0.05, 0.1) is 9.20 Å². The van der Waals surface area contributed by atoms with Crippen LogP contribution in [0.25, 0.3) is 0 Å². The van der Waals surface area contributed by atoms with Crippen LogP contribution in [0.15, 0.2) is 0 Å². The zero-order valence-electron chi connectivity index (χ0n) is 8.05. The molecule has 0 amide bonds. The van der Waals surface area contributed by atoms with Gasteiger partial charge < -0.3 is 0 Å². The molecule has 0 aromatic heterocycles. The van der Waals surface area contributed by atoms with Gasteiger partial charge in [0.2, 0.25) is 0 Å². The minimum atomic E-state index is 0.203. The zero-order valence-corrected chi connectivity index (χ0v) is 10.4. The lowest BCUT2D eigenvalue weighted by atomic mass is 9.70. The molecule has 6 atom stereocenters. The number of rotatable bonds is 0. The van der Waals surface area contributed by atoms with Gasteiger partial charge in [-0.1, -0.05) is 15.9 Å². The summed E-state index contributed by atoms with van der Waals surface area (Å²) in [5.74, 6) is 5.75. The molecule has 0 heterocycles. The Labute approximate surface area is 97.9 Å². The Morgan fingerprint density at radius 1 is 0.857 bits per heavy atom. The van der Waals surface area contributed by atoms with Crippen molar-refractivity contribution in [3.63, 3.8) is 0 Å². The van der Waals surface area contributed by atoms with E-state index in [0.717, 1.165) is 35.5 Å². The number of alkyl halides is 2. The van der Waals surface area contributed by atoms with E-state index in [4.69, 9.17) is 11.6 Å². The highest BCUT2D eigenvalue weighted by Crippen LogP contribution is 2.89. The highest BCUT2D eigenvalue weighted by molar-refractivity contribution is 9.10. The van der Waals surface area contributed by atoms with Gasteiger partial charge in [-0.25, -0.2) is 0 Å². The summed E-state index contributed by atoms with van der Waals surface area (Å²) in [6, 6.07) is 0. The minimum Gasteiger partial charge on any atom is -0.117 e. The maximum atomic E-state index is 7.08. The van der Waals surface area contributed by atoms with Gasteiger partial charge in [0, 0.05) is 0 Å². The normalized spacial score (nSPS) is 81.0. The molecule has 6 saturated carbocycles. The Balaban J connectivity index is 1.87. The fourth-order valence-corrected chi connectivity index (χ4v) is 9.21. The monoisotopic (exact) mass is 272 g/mol. The Kier molecular flexibility index (Phi) is 1.05. The predicted molar refractivity (Wildman–Crippen MR) is 59.7 cm³/mol. The van der Waals surface area contributed by atoms with Crippen molar-refractivity contribution in [2.45, 2.75) is 34.9 Å². The van der Waals surface area contributed by atoms with E-state index in [1.807, 2.05) is 0 Å². The first-order chi connectivity index (χ1) is 6.70. The molecular formula is C12H14BrCl. The van der Waals surface area contributed by atoms with Crippen molar-refractivity contribution in [2.24, 2.45) is 35.5 Å². The molecule has 0 N–H and O–H groups in total. The van der Waals surface area contributed by atoms with Crippen LogP contribution in [-0.4, -0.2) is 9.20 Å². The third-order valence-electron chi connectivity index (χ3n) is 6.63. The summed E-state index contributed by atoms with van der Waals surface area (Å²) in [6.07, 6.45) is 5.81. The van der Waals surface area contributed by atoms with E-state index in [0.29, 0.717) is 4.32 Å². The van der Waals surface area contributed by atoms with Gasteiger partial charge in [-0.05, 0) is 61.2 Å². The predicted octanol–water partition coefficient (Wildman–Crippen LogP) is 3.42. The van der Waals surface area contributed by atoms with Gasteiger partial charge in [0.15, 0.2) is 0 Å². The molecule has 76 valence electrons. The van der Waals surface area contributed by atoms with Crippen LogP contribution in [0.4, 0.5) is 0 Å². The van der Waals surface area contributed by atoms with Crippen molar-refractivity contribution in [1.29, 1.82) is 0 Å². The molecule has 6 aliphatic rings. The molecular weight excluding hydrogens is 259 g/mol. The van der Waals surface area contributed by atoms with Gasteiger partial charge >= 0.3 is 0 Å². The lowest BCUT2D eigenvalue weighted by Crippen LogP contribution is -2.54. The van der Waals surface area contributed by atoms with E-state index in [1.54, 1.807) is 0 Å². The van der Waals surface area contributed by atoms with E-state index in [2.05, 4.69) is 15.9 Å². The van der Waals surface area contributed by atoms with Crippen LogP contribution >= 0.6 is 27.5 Å². The minimum absolute atomic E-state index is 0.203. The molecule has 2 heteroatoms. The average Bonchev–Trinajstić information content (AvgIpc) is 2.82. The second-order valence-corrected chi connectivity index (χ2v) is 8.21. The van der Waals surface area contributed by atoms with Crippen LogP contribution in [0.1, 0.15) is 25.7 Å². The summed E-state index contributed by atoms with van der Waals surface area (Å²) < 4.78 is 0.392. The molecule has 0 spiro atoms. The molecule has 14 heavy (non-hydrogen) atoms. The van der Waals surface area contributed by atoms with Crippen LogP contribution < -0.4 is 0 Å². The maximum absolute atomic E-state index is 7.08. The molecule has 0 aromatic carbocycles. The highest BCUT2D eigenvalue weighted by Gasteiger charge is 2.89. The smallest absolute Gasteiger partial charge is 0.0666 e. The molecule has 6 fully saturated rings. The van der Waals surface area contributed by atoms with E-state index >= 15 is 0 Å². The standard InChI is InChI=1S/C12H14BrCl/c13-11-5-1-3-7-9(5)10-6(11)2-4-8(10)12(7,11)14/h5-10H,1-4H2. The molecule has 0 aliphatic heterocycles. The maximum Gasteiger partial charge on any atom is 0.0666 e. The topological polar surface area (TPSA) is 0 Å². The first-order valence-corrected chi connectivity index (χ1v) is 7.25. The van der Waals surface area contributed by atoms with Crippen molar-refractivity contribution in [3.8, 4) is 0 Å². The summed E-state index contributed by atoms with van der Waals surface area (Å²) in [6.45, 7) is 0. The van der Waals surface area contributed by atoms with Gasteiger partial charge in [-0.15, -0.1) is 11.6 Å². The Morgan fingerprint density at radius 2 is 1.29 bits per heavy atom. The Morgan fingerprint density at radius 3 is 1.71 bits per heavy atom. The van der Waals surface area contributed by atoms with Crippen LogP contribution in [0.3, 0.4) is 0 Å². The summed E-state index contributed by atoms with van der Waals surface area (Å²) in [5.41, 5.74) is 0. The third kappa shape index (κ3) is 0.435. The van der Waals surface area contributed by atoms with Crippen molar-refractivity contribution in [1.82, 2.24) is 0 Å². The van der Waals surface area contributed by atoms with E-state index in [9.17, 15) is 0 Å². The second-order valence-electron chi connectivity index (χ2n) is 6.27. The summed E-state index contributed by atoms with van der Waals surface area (Å²) in [7, 11) is 0. The first-order valence-electron chi connectivity index (χ1n) is 6.08. The van der Waals surface area contributed by atoms with Crippen LogP contribution in [0.5, 0.6) is 0 Å². The fourth-order valence-electron chi connectivity index (χ4n) is 6.77. The zero-order chi connectivity index (χ0) is 9.29. The number of hydrogen-bond acceptors (Lipinski definition) is 0. The third-order valence-corrected chi connectivity index (χ3v) is 9.56. The van der Waals surface area contributed by atoms with E-state index < -0.39 is 0 Å². The molecule has 6 rings (SSSR count). The SMILES string of the molecule is ClC12C3CCC4C3C3C1CCC3C42Br. The Hall–Kier alpha value is 0.770. The van der Waals surface area contributed by atoms with Crippen molar-refractivity contribution < 1.29 is 0 Å². The Bertz CT molecular complexity index is 294. The summed E-state index contributed by atoms with van der Waals surface area (Å²) in [4.78, 5) is 0.203. The van der Waals surface area contributed by atoms with E-state index in [-0.39, 0.29) is 4.87 Å². The number of hydrogen-bond donors (Lipinski definition) is 0. The van der Waals surface area contributed by atoms with E-state index in [1.165, 1.54) is 25.7 Å². The van der Waals surface area contributed by atoms with Gasteiger partial charge in [-0.2, -0.15) is 0 Å². The molecule has 0 nitrogen and oxygen atoms in total. The average molecular weight is 274 g/mol. The van der Waals surface area contributed by atoms with Gasteiger partial charge in [0.25, 0.3) is 0 Å². The second kappa shape index (κ2) is 1.86. The lowest BCUT2D eigenvalue weighted by Gasteiger charge is -2.49. The summed E-state index contributed by atoms with van der Waals surface area (Å²) >= 11 is 11.2. The van der Waals surface area contributed by atoms with Crippen molar-refractivity contribution in [2.75, 3.05) is 0 Å². The van der Waals surface area contributed by atoms with Gasteiger partial charge in [0.1, 0.15) is 0 Å². The summed E-state index contributed by atoms with van der Waals surface area (Å²) in [5, 5.41) is 0. The first kappa shape index (κ1) is 7.95. The van der Waals surface area contributed by atoms with Crippen LogP contribution in [-0.2, 0) is 0 Å². The lowest BCUT2D eigenvalue weighted by molar-refractivity contribution is 0.209. The molecule has 6 aliphatic carbocycles. The van der Waals surface area contributed by atoms with Crippen molar-refractivity contribution in [3.05, 3.63) is 0 Å². The molecule has 0 radical (unpaired) electrons. The largest absolute Gasteiger partial charge is 0.117 e. The molecule has 0 saturated heterocycles. The van der Waals surface area contributed by atoms with Crippen LogP contribution in [0.2, 0.25) is 0 Å². The highest BCUT2D eigenvalue weighted by atomic mass is 79.9. The van der Waals surface area contributed by atoms with Gasteiger partial charge in [-0.3, -0.25) is 0 Å². The molecule has 0 aromatic rings. The van der Waals surface area contributed by atoms with Crippen molar-refractivity contribution >= 4 is 27.5 Å². The fraction of sp³-hybridized carbons (Fsp3) is 1.00. The van der Waals surface area contributed by atoms with Crippen LogP contribution in [0, 0.1) is 35.5 Å². The molecule has 6 unspecified atom stereocenters. The molecule has 8 bridgehead atoms. The quantitative estimate of drug-likeness (QED) is 0.593.